The van der Waals surface area contributed by atoms with Crippen LogP contribution in [0, 0.1) is 0 Å². The summed E-state index contributed by atoms with van der Waals surface area (Å²) in [7, 11) is 0. The van der Waals surface area contributed by atoms with Crippen molar-refractivity contribution in [3.05, 3.63) is 164 Å². The summed E-state index contributed by atoms with van der Waals surface area (Å²) in [6, 6.07) is 53.9. The minimum atomic E-state index is 0.573. The lowest BCUT2D eigenvalue weighted by molar-refractivity contribution is 0.669. The van der Waals surface area contributed by atoms with E-state index in [1.807, 2.05) is 91.1 Å². The molecule has 6 nitrogen and oxygen atoms in total. The molecule has 50 heavy (non-hydrogen) atoms. The fourth-order valence-electron chi connectivity index (χ4n) is 6.89. The Kier molecular flexibility index (Phi) is 6.39. The van der Waals surface area contributed by atoms with Gasteiger partial charge in [-0.1, -0.05) is 115 Å². The summed E-state index contributed by atoms with van der Waals surface area (Å²) in [6.07, 6.45) is 1.86. The van der Waals surface area contributed by atoms with Crippen LogP contribution in [0.2, 0.25) is 0 Å². The van der Waals surface area contributed by atoms with E-state index in [-0.39, 0.29) is 0 Å². The number of benzene rings is 6. The normalized spacial score (nSPS) is 11.6. The van der Waals surface area contributed by atoms with Crippen LogP contribution in [0.25, 0.3) is 94.9 Å². The average molecular weight is 642 g/mol. The third kappa shape index (κ3) is 4.65. The first-order valence-electron chi connectivity index (χ1n) is 16.6. The zero-order valence-corrected chi connectivity index (χ0v) is 26.7. The highest BCUT2D eigenvalue weighted by atomic mass is 16.3. The van der Waals surface area contributed by atoms with Crippen molar-refractivity contribution < 1.29 is 4.42 Å². The van der Waals surface area contributed by atoms with Gasteiger partial charge in [-0.25, -0.2) is 19.9 Å². The molecule has 6 aromatic carbocycles. The first-order valence-corrected chi connectivity index (χ1v) is 16.6. The maximum Gasteiger partial charge on any atom is 0.165 e. The van der Waals surface area contributed by atoms with Gasteiger partial charge < -0.3 is 4.42 Å². The van der Waals surface area contributed by atoms with E-state index in [0.717, 1.165) is 66.6 Å². The molecule has 234 valence electrons. The Labute approximate surface area is 287 Å². The van der Waals surface area contributed by atoms with E-state index in [2.05, 4.69) is 77.4 Å². The standard InChI is InChI=1S/C44H27N5O/c1-3-11-28(12-4-1)42-46-43(29-13-5-2-6-14-29)48-44(47-42)32-21-24-41(45-27-32)49-37-17-9-7-15-33(37)34-22-19-31(26-38(34)49)30-20-23-40-36(25-30)35-16-8-10-18-39(35)50-40/h1-27H. The second-order valence-electron chi connectivity index (χ2n) is 12.3. The Hall–Kier alpha value is -6.92. The van der Waals surface area contributed by atoms with Crippen molar-refractivity contribution in [2.24, 2.45) is 0 Å². The largest absolute Gasteiger partial charge is 0.456 e. The molecule has 0 radical (unpaired) electrons. The van der Waals surface area contributed by atoms with E-state index >= 15 is 0 Å². The van der Waals surface area contributed by atoms with Crippen LogP contribution in [0.4, 0.5) is 0 Å². The van der Waals surface area contributed by atoms with E-state index < -0.39 is 0 Å². The van der Waals surface area contributed by atoms with Crippen molar-refractivity contribution in [3.63, 3.8) is 0 Å². The van der Waals surface area contributed by atoms with Crippen molar-refractivity contribution in [2.75, 3.05) is 0 Å². The van der Waals surface area contributed by atoms with E-state index in [4.69, 9.17) is 24.4 Å². The van der Waals surface area contributed by atoms with Gasteiger partial charge >= 0.3 is 0 Å². The third-order valence-corrected chi connectivity index (χ3v) is 9.32. The average Bonchev–Trinajstić information content (AvgIpc) is 3.73. The molecule has 0 aliphatic heterocycles. The summed E-state index contributed by atoms with van der Waals surface area (Å²) in [5.74, 6) is 2.63. The number of furan rings is 1. The van der Waals surface area contributed by atoms with Gasteiger partial charge in [0.25, 0.3) is 0 Å². The Morgan fingerprint density at radius 1 is 0.380 bits per heavy atom. The lowest BCUT2D eigenvalue weighted by atomic mass is 10.0. The van der Waals surface area contributed by atoms with Crippen LogP contribution in [0.3, 0.4) is 0 Å². The molecule has 0 aliphatic carbocycles. The molecule has 0 fully saturated rings. The molecule has 6 heteroatoms. The molecule has 10 aromatic rings. The maximum atomic E-state index is 6.11. The molecule has 4 heterocycles. The van der Waals surface area contributed by atoms with Crippen molar-refractivity contribution in [1.29, 1.82) is 0 Å². The van der Waals surface area contributed by atoms with Crippen molar-refractivity contribution in [3.8, 4) is 51.1 Å². The molecule has 0 saturated heterocycles. The third-order valence-electron chi connectivity index (χ3n) is 9.32. The Morgan fingerprint density at radius 3 is 1.66 bits per heavy atom. The van der Waals surface area contributed by atoms with Crippen LogP contribution in [0.15, 0.2) is 168 Å². The Bertz CT molecular complexity index is 2800. The first kappa shape index (κ1) is 28.1. The molecule has 0 bridgehead atoms. The molecule has 0 unspecified atom stereocenters. The lowest BCUT2D eigenvalue weighted by Gasteiger charge is -2.10. The van der Waals surface area contributed by atoms with Crippen molar-refractivity contribution >= 4 is 43.7 Å². The summed E-state index contributed by atoms with van der Waals surface area (Å²) in [5, 5.41) is 4.57. The van der Waals surface area contributed by atoms with Gasteiger partial charge in [0.2, 0.25) is 0 Å². The van der Waals surface area contributed by atoms with Crippen LogP contribution in [0.1, 0.15) is 0 Å². The Morgan fingerprint density at radius 2 is 0.940 bits per heavy atom. The number of pyridine rings is 1. The highest BCUT2D eigenvalue weighted by Crippen LogP contribution is 2.37. The summed E-state index contributed by atoms with van der Waals surface area (Å²) < 4.78 is 8.34. The number of hydrogen-bond acceptors (Lipinski definition) is 5. The first-order chi connectivity index (χ1) is 24.8. The minimum absolute atomic E-state index is 0.573. The molecule has 0 aliphatic rings. The van der Waals surface area contributed by atoms with Gasteiger partial charge in [0.1, 0.15) is 17.0 Å². The maximum absolute atomic E-state index is 6.11. The summed E-state index contributed by atoms with van der Waals surface area (Å²) >= 11 is 0. The van der Waals surface area contributed by atoms with Gasteiger partial charge in [0.05, 0.1) is 11.0 Å². The molecule has 0 amide bonds. The molecule has 0 N–H and O–H groups in total. The second-order valence-corrected chi connectivity index (χ2v) is 12.3. The van der Waals surface area contributed by atoms with Crippen molar-refractivity contribution in [1.82, 2.24) is 24.5 Å². The molecule has 0 atom stereocenters. The molecule has 4 aromatic heterocycles. The Balaban J connectivity index is 1.10. The highest BCUT2D eigenvalue weighted by Gasteiger charge is 2.17. The number of fused-ring (bicyclic) bond motifs is 6. The number of rotatable bonds is 5. The summed E-state index contributed by atoms with van der Waals surface area (Å²) in [4.78, 5) is 19.7. The second kappa shape index (κ2) is 11.4. The topological polar surface area (TPSA) is 69.6 Å². The zero-order valence-electron chi connectivity index (χ0n) is 26.7. The predicted molar refractivity (Wildman–Crippen MR) is 201 cm³/mol. The van der Waals surface area contributed by atoms with E-state index in [1.54, 1.807) is 0 Å². The zero-order chi connectivity index (χ0) is 33.0. The quantitative estimate of drug-likeness (QED) is 0.187. The number of aromatic nitrogens is 5. The highest BCUT2D eigenvalue weighted by molar-refractivity contribution is 6.11. The molecule has 0 spiro atoms. The summed E-state index contributed by atoms with van der Waals surface area (Å²) in [6.45, 7) is 0. The monoisotopic (exact) mass is 641 g/mol. The molecular formula is C44H27N5O. The smallest absolute Gasteiger partial charge is 0.165 e. The van der Waals surface area contributed by atoms with Crippen LogP contribution in [-0.4, -0.2) is 24.5 Å². The number of hydrogen-bond donors (Lipinski definition) is 0. The van der Waals surface area contributed by atoms with E-state index in [0.29, 0.717) is 17.5 Å². The van der Waals surface area contributed by atoms with E-state index in [9.17, 15) is 0 Å². The molecule has 0 saturated carbocycles. The summed E-state index contributed by atoms with van der Waals surface area (Å²) in [5.41, 5.74) is 8.88. The number of para-hydroxylation sites is 2. The van der Waals surface area contributed by atoms with Gasteiger partial charge in [0, 0.05) is 44.4 Å². The molecular weight excluding hydrogens is 615 g/mol. The number of nitrogens with zero attached hydrogens (tertiary/aromatic N) is 5. The van der Waals surface area contributed by atoms with Crippen molar-refractivity contribution in [2.45, 2.75) is 0 Å². The lowest BCUT2D eigenvalue weighted by Crippen LogP contribution is -2.01. The van der Waals surface area contributed by atoms with Gasteiger partial charge in [-0.3, -0.25) is 4.57 Å². The fraction of sp³-hybridized carbons (Fsp3) is 0. The van der Waals surface area contributed by atoms with Gasteiger partial charge in [-0.05, 0) is 53.6 Å². The molecule has 10 rings (SSSR count). The van der Waals surface area contributed by atoms with E-state index in [1.165, 1.54) is 10.8 Å². The predicted octanol–water partition coefficient (Wildman–Crippen LogP) is 10.9. The van der Waals surface area contributed by atoms with Gasteiger partial charge in [0.15, 0.2) is 17.5 Å². The SMILES string of the molecule is c1ccc(-c2nc(-c3ccccc3)nc(-c3ccc(-n4c5ccccc5c5ccc(-c6ccc7oc8ccccc8c7c6)cc54)nc3)n2)cc1. The fourth-order valence-corrected chi connectivity index (χ4v) is 6.89. The van der Waals surface area contributed by atoms with Crippen LogP contribution in [0.5, 0.6) is 0 Å². The van der Waals surface area contributed by atoms with Gasteiger partial charge in [-0.2, -0.15) is 0 Å². The minimum Gasteiger partial charge on any atom is -0.456 e. The van der Waals surface area contributed by atoms with Crippen LogP contribution in [-0.2, 0) is 0 Å². The van der Waals surface area contributed by atoms with Crippen LogP contribution >= 0.6 is 0 Å². The van der Waals surface area contributed by atoms with Gasteiger partial charge in [-0.15, -0.1) is 0 Å². The van der Waals surface area contributed by atoms with Crippen LogP contribution < -0.4 is 0 Å².